The molecule has 1 aliphatic rings. The van der Waals surface area contributed by atoms with Gasteiger partial charge in [-0.15, -0.1) is 0 Å². The molecule has 0 spiro atoms. The second-order valence-electron chi connectivity index (χ2n) is 9.14. The van der Waals surface area contributed by atoms with Crippen LogP contribution in [-0.4, -0.2) is 22.8 Å². The number of nitrogens with zero attached hydrogens (tertiary/aromatic N) is 2. The predicted octanol–water partition coefficient (Wildman–Crippen LogP) is 5.61. The van der Waals surface area contributed by atoms with Crippen LogP contribution >= 0.6 is 0 Å². The highest BCUT2D eigenvalue weighted by atomic mass is 16.6. The van der Waals surface area contributed by atoms with Gasteiger partial charge < -0.3 is 4.74 Å². The van der Waals surface area contributed by atoms with E-state index in [1.54, 1.807) is 6.07 Å². The first-order chi connectivity index (χ1) is 18.7. The molecule has 4 aromatic carbocycles. The number of fused-ring (bicyclic) bond motifs is 1. The number of nitro benzene ring substituents is 1. The third-order valence-electron chi connectivity index (χ3n) is 6.59. The van der Waals surface area contributed by atoms with Crippen molar-refractivity contribution in [1.82, 2.24) is 5.32 Å². The summed E-state index contributed by atoms with van der Waals surface area (Å²) in [5.74, 6) is -1.34. The lowest BCUT2D eigenvalue weighted by molar-refractivity contribution is -0.384. The summed E-state index contributed by atoms with van der Waals surface area (Å²) < 4.78 is 6.17. The normalized spacial score (nSPS) is 14.6. The molecule has 0 saturated carbocycles. The minimum absolute atomic E-state index is 0.0331. The standard InChI is InChI=1S/C30H23N3O6/c1-18-10-11-20(14-19(18)2)17-39-27-13-12-21-6-3-4-9-24(21)25(27)16-26-28(34)31-30(36)32(29(26)35)22-7-5-8-23(15-22)33(37)38/h3-16H,17H2,1-2H3,(H,31,34,36)/b26-16+. The monoisotopic (exact) mass is 521 g/mol. The van der Waals surface area contributed by atoms with Crippen LogP contribution in [0.1, 0.15) is 22.3 Å². The Labute approximate surface area is 223 Å². The van der Waals surface area contributed by atoms with Crippen LogP contribution in [0.25, 0.3) is 16.8 Å². The van der Waals surface area contributed by atoms with Crippen LogP contribution in [-0.2, 0) is 16.2 Å². The van der Waals surface area contributed by atoms with E-state index in [1.807, 2.05) is 62.4 Å². The summed E-state index contributed by atoms with van der Waals surface area (Å²) >= 11 is 0. The van der Waals surface area contributed by atoms with E-state index in [0.29, 0.717) is 16.2 Å². The molecule has 0 unspecified atom stereocenters. The molecule has 1 aliphatic heterocycles. The van der Waals surface area contributed by atoms with Crippen molar-refractivity contribution >= 4 is 46.1 Å². The summed E-state index contributed by atoms with van der Waals surface area (Å²) in [5.41, 5.74) is 3.10. The van der Waals surface area contributed by atoms with Gasteiger partial charge >= 0.3 is 6.03 Å². The van der Waals surface area contributed by atoms with Crippen LogP contribution in [0.5, 0.6) is 5.75 Å². The average molecular weight is 522 g/mol. The second kappa shape index (κ2) is 10.2. The second-order valence-corrected chi connectivity index (χ2v) is 9.14. The maximum atomic E-state index is 13.5. The Morgan fingerprint density at radius 2 is 1.72 bits per heavy atom. The number of imide groups is 2. The molecule has 5 rings (SSSR count). The van der Waals surface area contributed by atoms with Gasteiger partial charge in [0.2, 0.25) is 0 Å². The fourth-order valence-electron chi connectivity index (χ4n) is 4.39. The largest absolute Gasteiger partial charge is 0.488 e. The first kappa shape index (κ1) is 25.3. The number of hydrogen-bond acceptors (Lipinski definition) is 6. The summed E-state index contributed by atoms with van der Waals surface area (Å²) in [6, 6.07) is 21.2. The van der Waals surface area contributed by atoms with Gasteiger partial charge in [-0.05, 0) is 59.5 Å². The van der Waals surface area contributed by atoms with Crippen LogP contribution in [0.2, 0.25) is 0 Å². The highest BCUT2D eigenvalue weighted by Gasteiger charge is 2.37. The highest BCUT2D eigenvalue weighted by Crippen LogP contribution is 2.33. The van der Waals surface area contributed by atoms with Crippen LogP contribution in [0, 0.1) is 24.0 Å². The lowest BCUT2D eigenvalue weighted by Gasteiger charge is -2.26. The number of anilines is 1. The van der Waals surface area contributed by atoms with E-state index in [1.165, 1.54) is 29.8 Å². The molecular formula is C30H23N3O6. The van der Waals surface area contributed by atoms with Crippen LogP contribution in [0.4, 0.5) is 16.2 Å². The number of carbonyl (C=O) groups excluding carboxylic acids is 3. The van der Waals surface area contributed by atoms with E-state index >= 15 is 0 Å². The Balaban J connectivity index is 1.57. The van der Waals surface area contributed by atoms with Crippen molar-refractivity contribution in [3.63, 3.8) is 0 Å². The Morgan fingerprint density at radius 3 is 2.49 bits per heavy atom. The zero-order valence-electron chi connectivity index (χ0n) is 21.1. The number of aryl methyl sites for hydroxylation is 2. The molecule has 4 aromatic rings. The maximum absolute atomic E-state index is 13.5. The van der Waals surface area contributed by atoms with Crippen molar-refractivity contribution in [2.24, 2.45) is 0 Å². The fourth-order valence-corrected chi connectivity index (χ4v) is 4.39. The third-order valence-corrected chi connectivity index (χ3v) is 6.59. The topological polar surface area (TPSA) is 119 Å². The van der Waals surface area contributed by atoms with Crippen molar-refractivity contribution in [3.05, 3.63) is 117 Å². The van der Waals surface area contributed by atoms with Crippen LogP contribution < -0.4 is 15.0 Å². The fraction of sp³-hybridized carbons (Fsp3) is 0.100. The van der Waals surface area contributed by atoms with E-state index < -0.39 is 22.8 Å². The van der Waals surface area contributed by atoms with Gasteiger partial charge in [0.15, 0.2) is 0 Å². The Hall–Kier alpha value is -5.31. The summed E-state index contributed by atoms with van der Waals surface area (Å²) in [7, 11) is 0. The molecule has 1 N–H and O–H groups in total. The van der Waals surface area contributed by atoms with Gasteiger partial charge in [-0.3, -0.25) is 25.0 Å². The number of ether oxygens (including phenoxy) is 1. The van der Waals surface area contributed by atoms with Crippen molar-refractivity contribution < 1.29 is 24.0 Å². The van der Waals surface area contributed by atoms with Gasteiger partial charge in [0.1, 0.15) is 17.9 Å². The molecule has 194 valence electrons. The molecule has 0 aromatic heterocycles. The molecule has 9 nitrogen and oxygen atoms in total. The van der Waals surface area contributed by atoms with E-state index in [9.17, 15) is 24.5 Å². The van der Waals surface area contributed by atoms with Crippen LogP contribution in [0.3, 0.4) is 0 Å². The predicted molar refractivity (Wildman–Crippen MR) is 146 cm³/mol. The number of non-ortho nitro benzene ring substituents is 1. The molecule has 1 fully saturated rings. The third kappa shape index (κ3) is 4.97. The SMILES string of the molecule is Cc1ccc(COc2ccc3ccccc3c2/C=C2\C(=O)NC(=O)N(c3cccc([N+](=O)[O-])c3)C2=O)cc1C. The number of barbiturate groups is 1. The lowest BCUT2D eigenvalue weighted by Crippen LogP contribution is -2.54. The van der Waals surface area contributed by atoms with Crippen molar-refractivity contribution in [1.29, 1.82) is 0 Å². The van der Waals surface area contributed by atoms with Gasteiger partial charge in [-0.1, -0.05) is 54.6 Å². The van der Waals surface area contributed by atoms with E-state index in [2.05, 4.69) is 5.32 Å². The molecular weight excluding hydrogens is 498 g/mol. The lowest BCUT2D eigenvalue weighted by atomic mass is 9.99. The summed E-state index contributed by atoms with van der Waals surface area (Å²) in [6.45, 7) is 4.31. The average Bonchev–Trinajstić information content (AvgIpc) is 2.92. The van der Waals surface area contributed by atoms with Gasteiger partial charge in [-0.25, -0.2) is 9.69 Å². The van der Waals surface area contributed by atoms with Crippen LogP contribution in [0.15, 0.2) is 84.4 Å². The van der Waals surface area contributed by atoms with Gasteiger partial charge in [0.25, 0.3) is 17.5 Å². The minimum atomic E-state index is -0.994. The summed E-state index contributed by atoms with van der Waals surface area (Å²) in [4.78, 5) is 50.3. The number of hydrogen-bond donors (Lipinski definition) is 1. The summed E-state index contributed by atoms with van der Waals surface area (Å²) in [5, 5.41) is 15.0. The van der Waals surface area contributed by atoms with Crippen molar-refractivity contribution in [2.45, 2.75) is 20.5 Å². The number of nitrogens with one attached hydrogen (secondary N) is 1. The van der Waals surface area contributed by atoms with Gasteiger partial charge in [0, 0.05) is 17.7 Å². The molecule has 1 heterocycles. The quantitative estimate of drug-likeness (QED) is 0.152. The molecule has 39 heavy (non-hydrogen) atoms. The molecule has 1 saturated heterocycles. The van der Waals surface area contributed by atoms with Crippen molar-refractivity contribution in [2.75, 3.05) is 4.90 Å². The zero-order chi connectivity index (χ0) is 27.7. The minimum Gasteiger partial charge on any atom is -0.488 e. The smallest absolute Gasteiger partial charge is 0.335 e. The summed E-state index contributed by atoms with van der Waals surface area (Å²) in [6.07, 6.45) is 1.40. The van der Waals surface area contributed by atoms with E-state index in [-0.39, 0.29) is 23.6 Å². The number of carbonyl (C=O) groups is 3. The Morgan fingerprint density at radius 1 is 0.923 bits per heavy atom. The first-order valence-electron chi connectivity index (χ1n) is 12.1. The zero-order valence-corrected chi connectivity index (χ0v) is 21.1. The number of benzene rings is 4. The first-order valence-corrected chi connectivity index (χ1v) is 12.1. The number of amides is 4. The number of rotatable bonds is 6. The molecule has 9 heteroatoms. The molecule has 0 bridgehead atoms. The van der Waals surface area contributed by atoms with E-state index in [0.717, 1.165) is 28.0 Å². The van der Waals surface area contributed by atoms with Crippen molar-refractivity contribution in [3.8, 4) is 5.75 Å². The van der Waals surface area contributed by atoms with Gasteiger partial charge in [-0.2, -0.15) is 0 Å². The molecule has 4 amide bonds. The number of nitro groups is 1. The maximum Gasteiger partial charge on any atom is 0.335 e. The Bertz CT molecular complexity index is 1710. The highest BCUT2D eigenvalue weighted by molar-refractivity contribution is 6.39. The Kier molecular flexibility index (Phi) is 6.64. The molecule has 0 atom stereocenters. The van der Waals surface area contributed by atoms with Gasteiger partial charge in [0.05, 0.1) is 10.6 Å². The molecule has 0 radical (unpaired) electrons. The number of urea groups is 1. The van der Waals surface area contributed by atoms with E-state index in [4.69, 9.17) is 4.74 Å². The molecule has 0 aliphatic carbocycles.